The van der Waals surface area contributed by atoms with Crippen LogP contribution in [0.2, 0.25) is 0 Å². The van der Waals surface area contributed by atoms with Crippen molar-refractivity contribution in [3.05, 3.63) is 53.3 Å². The normalized spacial score (nSPS) is 10.4. The van der Waals surface area contributed by atoms with Crippen LogP contribution in [0.4, 0.5) is 11.4 Å². The fraction of sp³-hybridized carbons (Fsp3) is 0.353. The number of hydrogen-bond donors (Lipinski definition) is 1. The number of nitrogens with one attached hydrogen (secondary N) is 1. The van der Waals surface area contributed by atoms with Gasteiger partial charge in [0, 0.05) is 31.2 Å². The summed E-state index contributed by atoms with van der Waals surface area (Å²) in [5.41, 5.74) is 6.03. The summed E-state index contributed by atoms with van der Waals surface area (Å²) in [4.78, 5) is 6.68. The molecule has 0 amide bonds. The molecule has 0 spiro atoms. The lowest BCUT2D eigenvalue weighted by Crippen LogP contribution is -2.17. The highest BCUT2D eigenvalue weighted by Crippen LogP contribution is 2.19. The van der Waals surface area contributed by atoms with E-state index in [-0.39, 0.29) is 0 Å². The van der Waals surface area contributed by atoms with Crippen LogP contribution < -0.4 is 10.2 Å². The van der Waals surface area contributed by atoms with Crippen molar-refractivity contribution >= 4 is 11.4 Å². The Labute approximate surface area is 121 Å². The van der Waals surface area contributed by atoms with Crippen molar-refractivity contribution in [2.45, 2.75) is 27.3 Å². The highest BCUT2D eigenvalue weighted by atomic mass is 15.1. The third kappa shape index (κ3) is 3.73. The molecule has 3 heteroatoms. The zero-order valence-corrected chi connectivity index (χ0v) is 12.8. The average Bonchev–Trinajstić information content (AvgIpc) is 2.38. The lowest BCUT2D eigenvalue weighted by atomic mass is 10.1. The van der Waals surface area contributed by atoms with E-state index in [1.807, 2.05) is 12.3 Å². The first-order valence-corrected chi connectivity index (χ1v) is 7.06. The summed E-state index contributed by atoms with van der Waals surface area (Å²) in [7, 11) is 2.11. The number of pyridine rings is 1. The van der Waals surface area contributed by atoms with E-state index in [1.54, 1.807) is 0 Å². The van der Waals surface area contributed by atoms with Gasteiger partial charge in [-0.05, 0) is 56.2 Å². The van der Waals surface area contributed by atoms with Gasteiger partial charge < -0.3 is 10.2 Å². The molecule has 2 rings (SSSR count). The highest BCUT2D eigenvalue weighted by Gasteiger charge is 2.05. The van der Waals surface area contributed by atoms with Gasteiger partial charge in [0.05, 0.1) is 12.2 Å². The first kappa shape index (κ1) is 14.4. The van der Waals surface area contributed by atoms with Gasteiger partial charge in [-0.2, -0.15) is 0 Å². The second-order valence-electron chi connectivity index (χ2n) is 5.27. The molecule has 1 heterocycles. The van der Waals surface area contributed by atoms with E-state index in [0.29, 0.717) is 0 Å². The predicted molar refractivity (Wildman–Crippen MR) is 86.4 cm³/mol. The summed E-state index contributed by atoms with van der Waals surface area (Å²) in [5, 5.41) is 3.32. The van der Waals surface area contributed by atoms with Gasteiger partial charge in [-0.1, -0.05) is 6.07 Å². The van der Waals surface area contributed by atoms with Gasteiger partial charge in [0.25, 0.3) is 0 Å². The summed E-state index contributed by atoms with van der Waals surface area (Å²) in [6, 6.07) is 10.7. The summed E-state index contributed by atoms with van der Waals surface area (Å²) in [6.07, 6.45) is 1.86. The topological polar surface area (TPSA) is 28.2 Å². The number of rotatable bonds is 5. The van der Waals surface area contributed by atoms with Gasteiger partial charge in [0.15, 0.2) is 0 Å². The monoisotopic (exact) mass is 269 g/mol. The van der Waals surface area contributed by atoms with Crippen LogP contribution >= 0.6 is 0 Å². The molecule has 20 heavy (non-hydrogen) atoms. The van der Waals surface area contributed by atoms with Gasteiger partial charge in [-0.3, -0.25) is 4.98 Å². The maximum atomic E-state index is 4.45. The number of anilines is 2. The molecule has 0 saturated heterocycles. The zero-order chi connectivity index (χ0) is 14.5. The smallest absolute Gasteiger partial charge is 0.0617 e. The summed E-state index contributed by atoms with van der Waals surface area (Å²) in [5.74, 6) is 0. The lowest BCUT2D eigenvalue weighted by molar-refractivity contribution is 0.883. The molecular weight excluding hydrogens is 246 g/mol. The number of nitrogens with zero attached hydrogens (tertiary/aromatic N) is 2. The van der Waals surface area contributed by atoms with Crippen molar-refractivity contribution in [1.29, 1.82) is 0 Å². The van der Waals surface area contributed by atoms with Gasteiger partial charge >= 0.3 is 0 Å². The maximum Gasteiger partial charge on any atom is 0.0617 e. The number of hydrogen-bond acceptors (Lipinski definition) is 3. The van der Waals surface area contributed by atoms with Gasteiger partial charge in [0.2, 0.25) is 0 Å². The van der Waals surface area contributed by atoms with E-state index < -0.39 is 0 Å². The minimum atomic E-state index is 0.808. The van der Waals surface area contributed by atoms with E-state index in [9.17, 15) is 0 Å². The van der Waals surface area contributed by atoms with Crippen LogP contribution in [0.3, 0.4) is 0 Å². The molecule has 1 N–H and O–H groups in total. The van der Waals surface area contributed by atoms with Crippen LogP contribution in [-0.2, 0) is 6.54 Å². The zero-order valence-electron chi connectivity index (χ0n) is 12.8. The van der Waals surface area contributed by atoms with Crippen molar-refractivity contribution in [3.63, 3.8) is 0 Å². The van der Waals surface area contributed by atoms with E-state index in [0.717, 1.165) is 24.5 Å². The molecule has 0 radical (unpaired) electrons. The molecule has 0 saturated carbocycles. The van der Waals surface area contributed by atoms with Crippen LogP contribution in [-0.4, -0.2) is 18.6 Å². The number of aromatic nitrogens is 1. The lowest BCUT2D eigenvalue weighted by Gasteiger charge is -2.20. The second-order valence-corrected chi connectivity index (χ2v) is 5.27. The van der Waals surface area contributed by atoms with Gasteiger partial charge in [-0.15, -0.1) is 0 Å². The van der Waals surface area contributed by atoms with Gasteiger partial charge in [0.1, 0.15) is 0 Å². The van der Waals surface area contributed by atoms with E-state index in [4.69, 9.17) is 0 Å². The van der Waals surface area contributed by atoms with Crippen molar-refractivity contribution in [2.75, 3.05) is 23.8 Å². The molecule has 0 aliphatic rings. The Kier molecular flexibility index (Phi) is 4.61. The van der Waals surface area contributed by atoms with Crippen molar-refractivity contribution < 1.29 is 0 Å². The van der Waals surface area contributed by atoms with Crippen LogP contribution in [0, 0.1) is 13.8 Å². The fourth-order valence-electron chi connectivity index (χ4n) is 2.38. The molecule has 0 bridgehead atoms. The summed E-state index contributed by atoms with van der Waals surface area (Å²) >= 11 is 0. The van der Waals surface area contributed by atoms with Crippen LogP contribution in [0.25, 0.3) is 0 Å². The average molecular weight is 269 g/mol. The molecule has 2 aromatic rings. The molecule has 0 aliphatic heterocycles. The van der Waals surface area contributed by atoms with Gasteiger partial charge in [-0.25, -0.2) is 0 Å². The standard InChI is InChI=1S/C17H23N3/c1-5-18-15-6-7-19-16(11-15)12-20(4)17-9-13(2)8-14(3)10-17/h6-11H,5,12H2,1-4H3,(H,18,19). The molecule has 1 aromatic carbocycles. The highest BCUT2D eigenvalue weighted by molar-refractivity contribution is 5.51. The summed E-state index contributed by atoms with van der Waals surface area (Å²) in [6.45, 7) is 8.10. The van der Waals surface area contributed by atoms with E-state index >= 15 is 0 Å². The minimum Gasteiger partial charge on any atom is -0.385 e. The Hall–Kier alpha value is -2.03. The maximum absolute atomic E-state index is 4.45. The van der Waals surface area contributed by atoms with E-state index in [1.165, 1.54) is 16.8 Å². The predicted octanol–water partition coefficient (Wildman–Crippen LogP) is 3.77. The molecule has 106 valence electrons. The quantitative estimate of drug-likeness (QED) is 0.895. The third-order valence-electron chi connectivity index (χ3n) is 3.24. The van der Waals surface area contributed by atoms with Crippen molar-refractivity contribution in [2.24, 2.45) is 0 Å². The number of benzene rings is 1. The molecule has 1 aromatic heterocycles. The Morgan fingerprint density at radius 2 is 1.80 bits per heavy atom. The Morgan fingerprint density at radius 3 is 2.45 bits per heavy atom. The number of aryl methyl sites for hydroxylation is 2. The molecule has 0 aliphatic carbocycles. The van der Waals surface area contributed by atoms with Crippen LogP contribution in [0.5, 0.6) is 0 Å². The molecule has 3 nitrogen and oxygen atoms in total. The Balaban J connectivity index is 2.14. The molecular formula is C17H23N3. The minimum absolute atomic E-state index is 0.808. The summed E-state index contributed by atoms with van der Waals surface area (Å²) < 4.78 is 0. The molecule has 0 atom stereocenters. The SMILES string of the molecule is CCNc1ccnc(CN(C)c2cc(C)cc(C)c2)c1. The molecule has 0 unspecified atom stereocenters. The Morgan fingerprint density at radius 1 is 1.10 bits per heavy atom. The molecule has 0 fully saturated rings. The third-order valence-corrected chi connectivity index (χ3v) is 3.24. The fourth-order valence-corrected chi connectivity index (χ4v) is 2.38. The van der Waals surface area contributed by atoms with Crippen molar-refractivity contribution in [1.82, 2.24) is 4.98 Å². The largest absolute Gasteiger partial charge is 0.385 e. The van der Waals surface area contributed by atoms with Crippen LogP contribution in [0.15, 0.2) is 36.5 Å². The van der Waals surface area contributed by atoms with Crippen LogP contribution in [0.1, 0.15) is 23.7 Å². The van der Waals surface area contributed by atoms with Crippen molar-refractivity contribution in [3.8, 4) is 0 Å². The Bertz CT molecular complexity index is 558. The second kappa shape index (κ2) is 6.42. The first-order chi connectivity index (χ1) is 9.58. The van der Waals surface area contributed by atoms with E-state index in [2.05, 4.69) is 67.3 Å². The first-order valence-electron chi connectivity index (χ1n) is 7.06.